The predicted molar refractivity (Wildman–Crippen MR) is 72.2 cm³/mol. The third-order valence-corrected chi connectivity index (χ3v) is 6.63. The van der Waals surface area contributed by atoms with Gasteiger partial charge in [0.25, 0.3) is 0 Å². The molecule has 17 heavy (non-hydrogen) atoms. The van der Waals surface area contributed by atoms with Crippen molar-refractivity contribution in [3.8, 4) is 0 Å². The van der Waals surface area contributed by atoms with Gasteiger partial charge in [0.05, 0.1) is 15.4 Å². The van der Waals surface area contributed by atoms with E-state index >= 15 is 0 Å². The number of sulfone groups is 1. The summed E-state index contributed by atoms with van der Waals surface area (Å²) >= 11 is 1.58. The van der Waals surface area contributed by atoms with Gasteiger partial charge < -0.3 is 5.73 Å². The maximum Gasteiger partial charge on any atom is 0.154 e. The molecule has 0 spiro atoms. The average Bonchev–Trinajstić information content (AvgIpc) is 2.43. The van der Waals surface area contributed by atoms with Crippen LogP contribution in [0.25, 0.3) is 0 Å². The highest BCUT2D eigenvalue weighted by atomic mass is 32.2. The molecule has 0 radical (unpaired) electrons. The van der Waals surface area contributed by atoms with Crippen molar-refractivity contribution in [2.24, 2.45) is 5.73 Å². The van der Waals surface area contributed by atoms with Gasteiger partial charge in [0.2, 0.25) is 0 Å². The number of hydrogen-bond donors (Lipinski definition) is 1. The molecule has 0 aliphatic heterocycles. The fourth-order valence-electron chi connectivity index (χ4n) is 1.34. The van der Waals surface area contributed by atoms with Crippen molar-refractivity contribution >= 4 is 21.2 Å². The molecular weight excluding hydrogens is 256 g/mol. The number of nitrogens with two attached hydrogens (primary N) is 1. The molecule has 0 fully saturated rings. The zero-order chi connectivity index (χ0) is 13.4. The highest BCUT2D eigenvalue weighted by Crippen LogP contribution is 2.24. The van der Waals surface area contributed by atoms with Crippen LogP contribution < -0.4 is 5.73 Å². The molecule has 0 aliphatic rings. The number of hydrogen-bond acceptors (Lipinski definition) is 5. The van der Waals surface area contributed by atoms with Gasteiger partial charge >= 0.3 is 0 Å². The fourth-order valence-corrected chi connectivity index (χ4v) is 2.96. The van der Waals surface area contributed by atoms with Crippen molar-refractivity contribution in [3.05, 3.63) is 15.6 Å². The van der Waals surface area contributed by atoms with E-state index in [1.54, 1.807) is 25.2 Å². The van der Waals surface area contributed by atoms with E-state index in [2.05, 4.69) is 4.98 Å². The Kier molecular flexibility index (Phi) is 4.01. The van der Waals surface area contributed by atoms with E-state index in [0.717, 1.165) is 15.6 Å². The molecular formula is C11H20N2O2S2. The Labute approximate surface area is 107 Å². The number of nitrogens with zero attached hydrogens (tertiary/aromatic N) is 1. The monoisotopic (exact) mass is 276 g/mol. The topological polar surface area (TPSA) is 73.0 Å². The second-order valence-corrected chi connectivity index (χ2v) is 8.82. The van der Waals surface area contributed by atoms with Gasteiger partial charge in [-0.2, -0.15) is 0 Å². The van der Waals surface area contributed by atoms with Gasteiger partial charge in [0.15, 0.2) is 9.84 Å². The summed E-state index contributed by atoms with van der Waals surface area (Å²) < 4.78 is 22.4. The summed E-state index contributed by atoms with van der Waals surface area (Å²) in [6.07, 6.45) is 1.73. The van der Waals surface area contributed by atoms with Crippen molar-refractivity contribution in [3.63, 3.8) is 0 Å². The summed E-state index contributed by atoms with van der Waals surface area (Å²) in [5.74, 6) is 0. The Morgan fingerprint density at radius 3 is 2.29 bits per heavy atom. The molecule has 1 aromatic rings. The van der Waals surface area contributed by atoms with Gasteiger partial charge in [-0.3, -0.25) is 0 Å². The lowest BCUT2D eigenvalue weighted by Crippen LogP contribution is -2.49. The molecule has 0 aromatic carbocycles. The van der Waals surface area contributed by atoms with Crippen molar-refractivity contribution < 1.29 is 8.42 Å². The maximum absolute atomic E-state index is 11.7. The lowest BCUT2D eigenvalue weighted by atomic mass is 10.0. The molecule has 1 rings (SSSR count). The van der Waals surface area contributed by atoms with Gasteiger partial charge in [0.1, 0.15) is 0 Å². The van der Waals surface area contributed by atoms with E-state index in [9.17, 15) is 8.42 Å². The minimum Gasteiger partial charge on any atom is -0.326 e. The van der Waals surface area contributed by atoms with Crippen LogP contribution in [-0.2, 0) is 16.3 Å². The third kappa shape index (κ3) is 3.05. The van der Waals surface area contributed by atoms with Gasteiger partial charge in [-0.1, -0.05) is 0 Å². The minimum atomic E-state index is -3.17. The molecule has 6 heteroatoms. The Bertz CT molecular complexity index is 484. The van der Waals surface area contributed by atoms with E-state index in [-0.39, 0.29) is 0 Å². The van der Waals surface area contributed by atoms with E-state index in [1.807, 2.05) is 13.8 Å². The van der Waals surface area contributed by atoms with Gasteiger partial charge in [-0.05, 0) is 27.7 Å². The predicted octanol–water partition coefficient (Wildman–Crippen LogP) is 1.45. The first-order valence-corrected chi connectivity index (χ1v) is 8.14. The molecule has 1 unspecified atom stereocenters. The highest BCUT2D eigenvalue weighted by Gasteiger charge is 2.37. The van der Waals surface area contributed by atoms with Crippen LogP contribution >= 0.6 is 11.3 Å². The Morgan fingerprint density at radius 1 is 1.41 bits per heavy atom. The smallest absolute Gasteiger partial charge is 0.154 e. The molecule has 0 bridgehead atoms. The molecule has 2 N–H and O–H groups in total. The summed E-state index contributed by atoms with van der Waals surface area (Å²) in [4.78, 5) is 5.55. The van der Waals surface area contributed by atoms with Crippen LogP contribution in [0.15, 0.2) is 0 Å². The molecule has 0 saturated carbocycles. The first-order valence-electron chi connectivity index (χ1n) is 5.43. The van der Waals surface area contributed by atoms with Crippen LogP contribution in [0, 0.1) is 13.8 Å². The Hall–Kier alpha value is -0.460. The SMILES string of the molecule is Cc1nc(CC(N)C(C)(C)S(C)(=O)=O)sc1C. The van der Waals surface area contributed by atoms with Crippen LogP contribution in [0.1, 0.15) is 29.4 Å². The minimum absolute atomic E-state index is 0.442. The Balaban J connectivity index is 2.90. The lowest BCUT2D eigenvalue weighted by Gasteiger charge is -2.29. The van der Waals surface area contributed by atoms with Gasteiger partial charge in [-0.25, -0.2) is 13.4 Å². The van der Waals surface area contributed by atoms with Crippen LogP contribution in [-0.4, -0.2) is 30.4 Å². The quantitative estimate of drug-likeness (QED) is 0.903. The number of aromatic nitrogens is 1. The third-order valence-electron chi connectivity index (χ3n) is 3.32. The molecule has 1 atom stereocenters. The van der Waals surface area contributed by atoms with Crippen LogP contribution in [0.5, 0.6) is 0 Å². The standard InChI is InChI=1S/C11H20N2O2S2/c1-7-8(2)16-10(13-7)6-9(12)11(3,4)17(5,14)15/h9H,6,12H2,1-5H3. The molecule has 1 heterocycles. The van der Waals surface area contributed by atoms with E-state index in [1.165, 1.54) is 6.26 Å². The fraction of sp³-hybridized carbons (Fsp3) is 0.727. The first-order chi connectivity index (χ1) is 7.55. The summed E-state index contributed by atoms with van der Waals surface area (Å²) in [7, 11) is -3.17. The second kappa shape index (κ2) is 4.66. The van der Waals surface area contributed by atoms with Gasteiger partial charge in [-0.15, -0.1) is 11.3 Å². The normalized spacial score (nSPS) is 14.9. The molecule has 0 amide bonds. The summed E-state index contributed by atoms with van der Waals surface area (Å²) in [5, 5.41) is 0.907. The second-order valence-electron chi connectivity index (χ2n) is 4.94. The molecule has 4 nitrogen and oxygen atoms in total. The zero-order valence-corrected chi connectivity index (χ0v) is 12.6. The molecule has 1 aromatic heterocycles. The van der Waals surface area contributed by atoms with Crippen LogP contribution in [0.4, 0.5) is 0 Å². The van der Waals surface area contributed by atoms with Crippen molar-refractivity contribution in [2.45, 2.75) is 44.9 Å². The number of aryl methyl sites for hydroxylation is 2. The molecule has 0 saturated heterocycles. The largest absolute Gasteiger partial charge is 0.326 e. The summed E-state index contributed by atoms with van der Waals surface area (Å²) in [6, 6.07) is -0.442. The molecule has 98 valence electrons. The van der Waals surface area contributed by atoms with E-state index in [4.69, 9.17) is 5.73 Å². The van der Waals surface area contributed by atoms with Crippen LogP contribution in [0.2, 0.25) is 0 Å². The van der Waals surface area contributed by atoms with Crippen LogP contribution in [0.3, 0.4) is 0 Å². The first kappa shape index (κ1) is 14.6. The lowest BCUT2D eigenvalue weighted by molar-refractivity contribution is 0.481. The average molecular weight is 276 g/mol. The highest BCUT2D eigenvalue weighted by molar-refractivity contribution is 7.92. The Morgan fingerprint density at radius 2 is 1.94 bits per heavy atom. The van der Waals surface area contributed by atoms with E-state index < -0.39 is 20.6 Å². The molecule has 0 aliphatic carbocycles. The summed E-state index contributed by atoms with van der Waals surface area (Å²) in [6.45, 7) is 7.28. The van der Waals surface area contributed by atoms with Crippen molar-refractivity contribution in [1.82, 2.24) is 4.98 Å². The van der Waals surface area contributed by atoms with Gasteiger partial charge in [0, 0.05) is 23.6 Å². The summed E-state index contributed by atoms with van der Waals surface area (Å²) in [5.41, 5.74) is 7.01. The number of rotatable bonds is 4. The zero-order valence-electron chi connectivity index (χ0n) is 10.9. The van der Waals surface area contributed by atoms with Crippen molar-refractivity contribution in [1.29, 1.82) is 0 Å². The van der Waals surface area contributed by atoms with Crippen molar-refractivity contribution in [2.75, 3.05) is 6.26 Å². The number of thiazole rings is 1. The maximum atomic E-state index is 11.7. The van der Waals surface area contributed by atoms with E-state index in [0.29, 0.717) is 6.42 Å².